The molecule has 0 aliphatic heterocycles. The highest BCUT2D eigenvalue weighted by Crippen LogP contribution is 2.20. The van der Waals surface area contributed by atoms with Crippen LogP contribution in [0.15, 0.2) is 46.9 Å². The number of carbonyl (C=O) groups excluding carboxylic acids is 1. The van der Waals surface area contributed by atoms with Gasteiger partial charge in [0.15, 0.2) is 0 Å². The predicted molar refractivity (Wildman–Crippen MR) is 76.3 cm³/mol. The quantitative estimate of drug-likeness (QED) is 0.827. The molecule has 104 valence electrons. The van der Waals surface area contributed by atoms with E-state index in [1.54, 1.807) is 19.2 Å². The monoisotopic (exact) mass is 339 g/mol. The van der Waals surface area contributed by atoms with E-state index in [4.69, 9.17) is 0 Å². The molecule has 0 radical (unpaired) electrons. The highest BCUT2D eigenvalue weighted by atomic mass is 79.9. The molecule has 0 spiro atoms. The Balaban J connectivity index is 2.16. The highest BCUT2D eigenvalue weighted by Gasteiger charge is 2.15. The van der Waals surface area contributed by atoms with Gasteiger partial charge in [-0.25, -0.2) is 8.78 Å². The van der Waals surface area contributed by atoms with E-state index in [9.17, 15) is 13.6 Å². The van der Waals surface area contributed by atoms with Crippen LogP contribution in [-0.2, 0) is 6.54 Å². The molecule has 2 aromatic carbocycles. The van der Waals surface area contributed by atoms with Gasteiger partial charge in [0, 0.05) is 18.1 Å². The Kier molecular flexibility index (Phi) is 4.49. The van der Waals surface area contributed by atoms with E-state index in [2.05, 4.69) is 15.9 Å². The Morgan fingerprint density at radius 3 is 2.50 bits per heavy atom. The van der Waals surface area contributed by atoms with Gasteiger partial charge in [-0.15, -0.1) is 0 Å². The standard InChI is InChI=1S/C15H12BrF2NO/c1-19(9-10-3-2-4-11(17)7-10)15(20)13-6-5-12(18)8-14(13)16/h2-8H,9H2,1H3. The van der Waals surface area contributed by atoms with Crippen molar-refractivity contribution >= 4 is 21.8 Å². The van der Waals surface area contributed by atoms with Gasteiger partial charge in [0.25, 0.3) is 5.91 Å². The summed E-state index contributed by atoms with van der Waals surface area (Å²) in [4.78, 5) is 13.7. The molecule has 2 rings (SSSR count). The summed E-state index contributed by atoms with van der Waals surface area (Å²) in [5, 5.41) is 0. The summed E-state index contributed by atoms with van der Waals surface area (Å²) >= 11 is 3.17. The highest BCUT2D eigenvalue weighted by molar-refractivity contribution is 9.10. The molecule has 1 amide bonds. The normalized spacial score (nSPS) is 10.4. The minimum Gasteiger partial charge on any atom is -0.337 e. The number of benzene rings is 2. The fourth-order valence-corrected chi connectivity index (χ4v) is 2.37. The average molecular weight is 340 g/mol. The Bertz CT molecular complexity index is 646. The van der Waals surface area contributed by atoms with Crippen molar-refractivity contribution in [2.75, 3.05) is 7.05 Å². The zero-order chi connectivity index (χ0) is 14.7. The summed E-state index contributed by atoms with van der Waals surface area (Å²) in [6.45, 7) is 0.278. The van der Waals surface area contributed by atoms with Crippen molar-refractivity contribution in [1.82, 2.24) is 4.90 Å². The minimum atomic E-state index is -0.416. The van der Waals surface area contributed by atoms with Crippen molar-refractivity contribution < 1.29 is 13.6 Å². The average Bonchev–Trinajstić information content (AvgIpc) is 2.38. The van der Waals surface area contributed by atoms with Crippen molar-refractivity contribution in [2.24, 2.45) is 0 Å². The lowest BCUT2D eigenvalue weighted by molar-refractivity contribution is 0.0784. The Hall–Kier alpha value is -1.75. The third-order valence-corrected chi connectivity index (χ3v) is 3.47. The second-order valence-corrected chi connectivity index (χ2v) is 5.27. The first kappa shape index (κ1) is 14.7. The molecule has 0 saturated carbocycles. The molecule has 0 atom stereocenters. The van der Waals surface area contributed by atoms with Crippen molar-refractivity contribution in [3.63, 3.8) is 0 Å². The van der Waals surface area contributed by atoms with E-state index < -0.39 is 5.82 Å². The zero-order valence-corrected chi connectivity index (χ0v) is 12.3. The van der Waals surface area contributed by atoms with Gasteiger partial charge >= 0.3 is 0 Å². The van der Waals surface area contributed by atoms with Crippen LogP contribution in [0.4, 0.5) is 8.78 Å². The van der Waals surface area contributed by atoms with Crippen LogP contribution >= 0.6 is 15.9 Å². The number of hydrogen-bond donors (Lipinski definition) is 0. The maximum atomic E-state index is 13.1. The van der Waals surface area contributed by atoms with Crippen LogP contribution in [0.25, 0.3) is 0 Å². The maximum Gasteiger partial charge on any atom is 0.255 e. The largest absolute Gasteiger partial charge is 0.337 e. The van der Waals surface area contributed by atoms with Crippen molar-refractivity contribution in [3.8, 4) is 0 Å². The predicted octanol–water partition coefficient (Wildman–Crippen LogP) is 4.00. The molecule has 0 aliphatic rings. The Morgan fingerprint density at radius 2 is 1.85 bits per heavy atom. The molecule has 0 bridgehead atoms. The van der Waals surface area contributed by atoms with Gasteiger partial charge in [-0.2, -0.15) is 0 Å². The molecule has 0 saturated heterocycles. The molecular formula is C15H12BrF2NO. The van der Waals surface area contributed by atoms with Gasteiger partial charge in [-0.1, -0.05) is 12.1 Å². The van der Waals surface area contributed by atoms with E-state index in [1.165, 1.54) is 35.2 Å². The van der Waals surface area contributed by atoms with Crippen LogP contribution in [0.3, 0.4) is 0 Å². The molecule has 5 heteroatoms. The lowest BCUT2D eigenvalue weighted by Gasteiger charge is -2.18. The number of hydrogen-bond acceptors (Lipinski definition) is 1. The molecule has 0 aliphatic carbocycles. The van der Waals surface area contributed by atoms with Gasteiger partial charge in [0.1, 0.15) is 11.6 Å². The van der Waals surface area contributed by atoms with Crippen molar-refractivity contribution in [3.05, 3.63) is 69.7 Å². The first-order valence-corrected chi connectivity index (χ1v) is 6.71. The lowest BCUT2D eigenvalue weighted by atomic mass is 10.1. The Labute approximate surface area is 124 Å². The van der Waals surface area contributed by atoms with Crippen LogP contribution in [0.5, 0.6) is 0 Å². The molecule has 20 heavy (non-hydrogen) atoms. The first-order valence-electron chi connectivity index (χ1n) is 5.92. The third kappa shape index (κ3) is 3.42. The van der Waals surface area contributed by atoms with Gasteiger partial charge < -0.3 is 4.90 Å². The SMILES string of the molecule is CN(Cc1cccc(F)c1)C(=O)c1ccc(F)cc1Br. The number of amides is 1. The second-order valence-electron chi connectivity index (χ2n) is 4.42. The Morgan fingerprint density at radius 1 is 1.15 bits per heavy atom. The summed E-state index contributed by atoms with van der Waals surface area (Å²) in [7, 11) is 1.61. The molecule has 2 aromatic rings. The zero-order valence-electron chi connectivity index (χ0n) is 10.7. The van der Waals surface area contributed by atoms with Gasteiger partial charge in [0.05, 0.1) is 5.56 Å². The van der Waals surface area contributed by atoms with Crippen molar-refractivity contribution in [1.29, 1.82) is 0 Å². The smallest absolute Gasteiger partial charge is 0.255 e. The summed E-state index contributed by atoms with van der Waals surface area (Å²) in [6, 6.07) is 9.95. The molecule has 0 N–H and O–H groups in total. The fourth-order valence-electron chi connectivity index (χ4n) is 1.85. The van der Waals surface area contributed by atoms with E-state index in [0.29, 0.717) is 15.6 Å². The van der Waals surface area contributed by atoms with Crippen LogP contribution in [0.1, 0.15) is 15.9 Å². The minimum absolute atomic E-state index is 0.263. The van der Waals surface area contributed by atoms with E-state index >= 15 is 0 Å². The topological polar surface area (TPSA) is 20.3 Å². The molecule has 2 nitrogen and oxygen atoms in total. The van der Waals surface area contributed by atoms with E-state index in [0.717, 1.165) is 0 Å². The summed E-state index contributed by atoms with van der Waals surface area (Å²) in [6.07, 6.45) is 0. The molecule has 0 unspecified atom stereocenters. The second kappa shape index (κ2) is 6.13. The van der Waals surface area contributed by atoms with Gasteiger partial charge in [-0.05, 0) is 51.8 Å². The number of nitrogens with zero attached hydrogens (tertiary/aromatic N) is 1. The van der Waals surface area contributed by atoms with Crippen molar-refractivity contribution in [2.45, 2.75) is 6.54 Å². The first-order chi connectivity index (χ1) is 9.47. The lowest BCUT2D eigenvalue weighted by Crippen LogP contribution is -2.26. The van der Waals surface area contributed by atoms with Crippen LogP contribution in [0.2, 0.25) is 0 Å². The van der Waals surface area contributed by atoms with Gasteiger partial charge in [-0.3, -0.25) is 4.79 Å². The molecule has 0 aromatic heterocycles. The van der Waals surface area contributed by atoms with Crippen LogP contribution in [-0.4, -0.2) is 17.9 Å². The van der Waals surface area contributed by atoms with Gasteiger partial charge in [0.2, 0.25) is 0 Å². The molecule has 0 fully saturated rings. The molecule has 0 heterocycles. The maximum absolute atomic E-state index is 13.1. The summed E-state index contributed by atoms with van der Waals surface area (Å²) in [5.74, 6) is -1.02. The number of rotatable bonds is 3. The number of halogens is 3. The van der Waals surface area contributed by atoms with Crippen LogP contribution < -0.4 is 0 Å². The number of carbonyl (C=O) groups is 1. The molecular weight excluding hydrogens is 328 g/mol. The van der Waals surface area contributed by atoms with E-state index in [-0.39, 0.29) is 18.3 Å². The van der Waals surface area contributed by atoms with Crippen LogP contribution in [0, 0.1) is 11.6 Å². The fraction of sp³-hybridized carbons (Fsp3) is 0.133. The third-order valence-electron chi connectivity index (χ3n) is 2.82. The summed E-state index contributed by atoms with van der Waals surface area (Å²) in [5.41, 5.74) is 1.06. The summed E-state index contributed by atoms with van der Waals surface area (Å²) < 4.78 is 26.5. The van der Waals surface area contributed by atoms with E-state index in [1.807, 2.05) is 0 Å².